The minimum absolute atomic E-state index is 0.263. The van der Waals surface area contributed by atoms with E-state index in [1.165, 1.54) is 5.56 Å². The first-order valence-electron chi connectivity index (χ1n) is 11.1. The van der Waals surface area contributed by atoms with Gasteiger partial charge in [-0.25, -0.2) is 0 Å². The van der Waals surface area contributed by atoms with Gasteiger partial charge in [-0.3, -0.25) is 4.90 Å². The van der Waals surface area contributed by atoms with Crippen LogP contribution in [0.25, 0.3) is 17.0 Å². The second-order valence-electron chi connectivity index (χ2n) is 8.08. The molecule has 1 N–H and O–H groups in total. The number of rotatable bonds is 5. The van der Waals surface area contributed by atoms with Crippen LogP contribution in [0.1, 0.15) is 36.9 Å². The average Bonchev–Trinajstić information content (AvgIpc) is 3.34. The van der Waals surface area contributed by atoms with Crippen LogP contribution in [0.3, 0.4) is 0 Å². The maximum absolute atomic E-state index is 6.15. The Labute approximate surface area is 209 Å². The van der Waals surface area contributed by atoms with Gasteiger partial charge in [-0.2, -0.15) is 4.98 Å². The minimum atomic E-state index is -0.263. The van der Waals surface area contributed by atoms with Crippen LogP contribution in [0.15, 0.2) is 89.1 Å². The van der Waals surface area contributed by atoms with E-state index in [1.54, 1.807) is 0 Å². The van der Waals surface area contributed by atoms with Crippen molar-refractivity contribution in [1.82, 2.24) is 15.5 Å². The fraction of sp³-hybridized carbons (Fsp3) is 0.148. The van der Waals surface area contributed by atoms with Gasteiger partial charge in [0.1, 0.15) is 0 Å². The van der Waals surface area contributed by atoms with Crippen molar-refractivity contribution in [3.05, 3.63) is 107 Å². The molecule has 5 nitrogen and oxygen atoms in total. The van der Waals surface area contributed by atoms with Gasteiger partial charge >= 0.3 is 0 Å². The maximum Gasteiger partial charge on any atom is 0.258 e. The Hall–Kier alpha value is -3.48. The van der Waals surface area contributed by atoms with Crippen LogP contribution < -0.4 is 10.2 Å². The van der Waals surface area contributed by atoms with Crippen molar-refractivity contribution in [2.75, 3.05) is 4.90 Å². The molecular formula is C27H23ClN4OS. The van der Waals surface area contributed by atoms with Gasteiger partial charge in [-0.05, 0) is 61.0 Å². The highest BCUT2D eigenvalue weighted by molar-refractivity contribution is 7.80. The van der Waals surface area contributed by atoms with Gasteiger partial charge < -0.3 is 9.84 Å². The molecule has 0 saturated heterocycles. The number of aryl methyl sites for hydroxylation is 1. The molecule has 0 fully saturated rings. The number of hydrogen-bond acceptors (Lipinski definition) is 4. The topological polar surface area (TPSA) is 54.2 Å². The lowest BCUT2D eigenvalue weighted by atomic mass is 9.94. The monoisotopic (exact) mass is 486 g/mol. The first kappa shape index (κ1) is 22.3. The van der Waals surface area contributed by atoms with Gasteiger partial charge in [0, 0.05) is 22.0 Å². The van der Waals surface area contributed by atoms with Crippen molar-refractivity contribution in [3.8, 4) is 11.4 Å². The molecule has 0 bridgehead atoms. The van der Waals surface area contributed by atoms with Gasteiger partial charge in [0.15, 0.2) is 5.11 Å². The predicted molar refractivity (Wildman–Crippen MR) is 141 cm³/mol. The van der Waals surface area contributed by atoms with Crippen molar-refractivity contribution >= 4 is 40.2 Å². The number of aromatic nitrogens is 2. The van der Waals surface area contributed by atoms with Crippen LogP contribution in [0, 0.1) is 0 Å². The summed E-state index contributed by atoms with van der Waals surface area (Å²) in [7, 11) is 0. The second kappa shape index (κ2) is 9.41. The smallest absolute Gasteiger partial charge is 0.258 e. The van der Waals surface area contributed by atoms with E-state index in [0.29, 0.717) is 21.9 Å². The zero-order chi connectivity index (χ0) is 23.7. The van der Waals surface area contributed by atoms with Crippen LogP contribution in [0.4, 0.5) is 5.69 Å². The molecular weight excluding hydrogens is 464 g/mol. The lowest BCUT2D eigenvalue weighted by Gasteiger charge is -2.37. The average molecular weight is 487 g/mol. The number of hydrogen-bond donors (Lipinski definition) is 1. The van der Waals surface area contributed by atoms with E-state index in [-0.39, 0.29) is 6.04 Å². The van der Waals surface area contributed by atoms with Crippen LogP contribution in [0.5, 0.6) is 0 Å². The number of nitrogens with zero attached hydrogens (tertiary/aromatic N) is 3. The minimum Gasteiger partial charge on any atom is -0.351 e. The van der Waals surface area contributed by atoms with Gasteiger partial charge in [0.05, 0.1) is 11.6 Å². The van der Waals surface area contributed by atoms with E-state index >= 15 is 0 Å². The van der Waals surface area contributed by atoms with Gasteiger partial charge in [0.2, 0.25) is 5.82 Å². The van der Waals surface area contributed by atoms with E-state index in [1.807, 2.05) is 78.6 Å². The highest BCUT2D eigenvalue weighted by Gasteiger charge is 2.34. The van der Waals surface area contributed by atoms with E-state index in [0.717, 1.165) is 34.5 Å². The molecule has 0 spiro atoms. The zero-order valence-corrected chi connectivity index (χ0v) is 20.4. The molecule has 0 radical (unpaired) electrons. The van der Waals surface area contributed by atoms with E-state index < -0.39 is 0 Å². The summed E-state index contributed by atoms with van der Waals surface area (Å²) >= 11 is 11.9. The van der Waals surface area contributed by atoms with Gasteiger partial charge in [-0.1, -0.05) is 78.3 Å². The summed E-state index contributed by atoms with van der Waals surface area (Å²) < 4.78 is 5.83. The zero-order valence-electron chi connectivity index (χ0n) is 18.8. The Bertz CT molecular complexity index is 1350. The van der Waals surface area contributed by atoms with Crippen molar-refractivity contribution < 1.29 is 4.52 Å². The molecule has 4 aromatic rings. The number of allylic oxidation sites excluding steroid dienone is 1. The number of halogens is 1. The lowest BCUT2D eigenvalue weighted by Crippen LogP contribution is -2.46. The SMILES string of the molecule is CCc1ccc(-c2noc(C3=C(C)N(c4ccccc4)C(=S)NC3c3ccc(Cl)cc3)n2)cc1. The summed E-state index contributed by atoms with van der Waals surface area (Å²) in [4.78, 5) is 6.78. The van der Waals surface area contributed by atoms with Crippen LogP contribution >= 0.6 is 23.8 Å². The Morgan fingerprint density at radius 1 is 1.00 bits per heavy atom. The molecule has 0 aliphatic carbocycles. The van der Waals surface area contributed by atoms with Crippen LogP contribution in [-0.4, -0.2) is 15.3 Å². The maximum atomic E-state index is 6.15. The Morgan fingerprint density at radius 3 is 2.38 bits per heavy atom. The number of nitrogens with one attached hydrogen (secondary N) is 1. The third-order valence-corrected chi connectivity index (χ3v) is 6.53. The van der Waals surface area contributed by atoms with Crippen LogP contribution in [0.2, 0.25) is 5.02 Å². The molecule has 0 amide bonds. The highest BCUT2D eigenvalue weighted by atomic mass is 35.5. The van der Waals surface area contributed by atoms with Gasteiger partial charge in [-0.15, -0.1) is 0 Å². The first-order valence-corrected chi connectivity index (χ1v) is 11.9. The molecule has 2 heterocycles. The quantitative estimate of drug-likeness (QED) is 0.312. The number of para-hydroxylation sites is 1. The lowest BCUT2D eigenvalue weighted by molar-refractivity contribution is 0.404. The summed E-state index contributed by atoms with van der Waals surface area (Å²) in [5.41, 5.74) is 5.92. The fourth-order valence-corrected chi connectivity index (χ4v) is 4.64. The van der Waals surface area contributed by atoms with Gasteiger partial charge in [0.25, 0.3) is 5.89 Å². The van der Waals surface area contributed by atoms with Crippen molar-refractivity contribution in [1.29, 1.82) is 0 Å². The molecule has 34 heavy (non-hydrogen) atoms. The molecule has 7 heteroatoms. The normalized spacial score (nSPS) is 16.0. The molecule has 1 aliphatic heterocycles. The highest BCUT2D eigenvalue weighted by Crippen LogP contribution is 2.39. The standard InChI is InChI=1S/C27H23ClN4OS/c1-3-18-9-11-20(12-10-18)25-30-26(33-31-25)23-17(2)32(22-7-5-4-6-8-22)27(34)29-24(23)19-13-15-21(28)16-14-19/h4-16,24H,3H2,1-2H3,(H,29,34). The fourth-order valence-electron chi connectivity index (χ4n) is 4.15. The van der Waals surface area contributed by atoms with E-state index in [2.05, 4.69) is 29.5 Å². The van der Waals surface area contributed by atoms with E-state index in [4.69, 9.17) is 33.3 Å². The largest absolute Gasteiger partial charge is 0.351 e. The molecule has 170 valence electrons. The summed E-state index contributed by atoms with van der Waals surface area (Å²) in [6, 6.07) is 25.7. The summed E-state index contributed by atoms with van der Waals surface area (Å²) in [6.07, 6.45) is 0.980. The molecule has 3 aromatic carbocycles. The van der Waals surface area contributed by atoms with Crippen molar-refractivity contribution in [2.24, 2.45) is 0 Å². The molecule has 1 unspecified atom stereocenters. The molecule has 5 rings (SSSR count). The predicted octanol–water partition coefficient (Wildman–Crippen LogP) is 6.82. The molecule has 1 aromatic heterocycles. The molecule has 0 saturated carbocycles. The molecule has 1 aliphatic rings. The third kappa shape index (κ3) is 4.22. The third-order valence-electron chi connectivity index (χ3n) is 5.98. The number of thiocarbonyl (C=S) groups is 1. The summed E-state index contributed by atoms with van der Waals surface area (Å²) in [5, 5.41) is 9.03. The number of benzene rings is 3. The van der Waals surface area contributed by atoms with Crippen LogP contribution in [-0.2, 0) is 6.42 Å². The number of anilines is 1. The van der Waals surface area contributed by atoms with E-state index in [9.17, 15) is 0 Å². The Balaban J connectivity index is 1.62. The van der Waals surface area contributed by atoms with Crippen molar-refractivity contribution in [2.45, 2.75) is 26.3 Å². The summed E-state index contributed by atoms with van der Waals surface area (Å²) in [5.74, 6) is 0.996. The Morgan fingerprint density at radius 2 is 1.71 bits per heavy atom. The Kier molecular flexibility index (Phi) is 6.18. The first-order chi connectivity index (χ1) is 16.5. The second-order valence-corrected chi connectivity index (χ2v) is 8.90. The van der Waals surface area contributed by atoms with Crippen molar-refractivity contribution in [3.63, 3.8) is 0 Å². The molecule has 1 atom stereocenters. The summed E-state index contributed by atoms with van der Waals surface area (Å²) in [6.45, 7) is 4.16.